The lowest BCUT2D eigenvalue weighted by atomic mass is 9.86. The van der Waals surface area contributed by atoms with E-state index in [1.165, 1.54) is 11.1 Å². The summed E-state index contributed by atoms with van der Waals surface area (Å²) in [6, 6.07) is 8.57. The van der Waals surface area contributed by atoms with E-state index >= 15 is 0 Å². The number of rotatable bonds is 5. The van der Waals surface area contributed by atoms with E-state index in [9.17, 15) is 4.79 Å². The van der Waals surface area contributed by atoms with Gasteiger partial charge in [0.1, 0.15) is 0 Å². The SMILES string of the molecule is Cc1ccccc1C(C)CC(=O)NC1CCC(CO)CC1. The van der Waals surface area contributed by atoms with Gasteiger partial charge in [-0.1, -0.05) is 31.2 Å². The van der Waals surface area contributed by atoms with Crippen LogP contribution in [0.4, 0.5) is 0 Å². The Morgan fingerprint density at radius 3 is 2.57 bits per heavy atom. The van der Waals surface area contributed by atoms with Gasteiger partial charge in [-0.2, -0.15) is 0 Å². The van der Waals surface area contributed by atoms with Crippen molar-refractivity contribution < 1.29 is 9.90 Å². The molecule has 2 N–H and O–H groups in total. The van der Waals surface area contributed by atoms with Crippen molar-refractivity contribution in [3.8, 4) is 0 Å². The van der Waals surface area contributed by atoms with Crippen molar-refractivity contribution in [2.45, 2.75) is 57.9 Å². The molecule has 116 valence electrons. The third-order valence-electron chi connectivity index (χ3n) is 4.68. The Morgan fingerprint density at radius 2 is 1.95 bits per heavy atom. The van der Waals surface area contributed by atoms with E-state index in [2.05, 4.69) is 31.3 Å². The molecule has 1 unspecified atom stereocenters. The number of aryl methyl sites for hydroxylation is 1. The summed E-state index contributed by atoms with van der Waals surface area (Å²) in [5.41, 5.74) is 2.51. The standard InChI is InChI=1S/C18H27NO2/c1-13-5-3-4-6-17(13)14(2)11-18(21)19-16-9-7-15(12-20)8-10-16/h3-6,14-16,20H,7-12H2,1-2H3,(H,19,21). The van der Waals surface area contributed by atoms with Crippen LogP contribution in [-0.2, 0) is 4.79 Å². The molecule has 0 aliphatic heterocycles. The quantitative estimate of drug-likeness (QED) is 0.875. The zero-order valence-corrected chi connectivity index (χ0v) is 13.1. The fraction of sp³-hybridized carbons (Fsp3) is 0.611. The molecule has 0 bridgehead atoms. The summed E-state index contributed by atoms with van der Waals surface area (Å²) >= 11 is 0. The van der Waals surface area contributed by atoms with E-state index in [4.69, 9.17) is 5.11 Å². The van der Waals surface area contributed by atoms with Crippen molar-refractivity contribution in [3.05, 3.63) is 35.4 Å². The van der Waals surface area contributed by atoms with Crippen molar-refractivity contribution in [1.29, 1.82) is 0 Å². The Balaban J connectivity index is 1.81. The minimum atomic E-state index is 0.151. The molecule has 1 saturated carbocycles. The van der Waals surface area contributed by atoms with Crippen LogP contribution >= 0.6 is 0 Å². The number of nitrogens with one attached hydrogen (secondary N) is 1. The van der Waals surface area contributed by atoms with E-state index in [-0.39, 0.29) is 18.4 Å². The van der Waals surface area contributed by atoms with Gasteiger partial charge in [0.05, 0.1) is 0 Å². The lowest BCUT2D eigenvalue weighted by Gasteiger charge is -2.28. The zero-order chi connectivity index (χ0) is 15.2. The number of hydrogen-bond acceptors (Lipinski definition) is 2. The minimum absolute atomic E-state index is 0.151. The van der Waals surface area contributed by atoms with Crippen LogP contribution in [0.1, 0.15) is 56.1 Å². The van der Waals surface area contributed by atoms with Gasteiger partial charge in [-0.05, 0) is 55.6 Å². The largest absolute Gasteiger partial charge is 0.396 e. The smallest absolute Gasteiger partial charge is 0.220 e. The van der Waals surface area contributed by atoms with Crippen molar-refractivity contribution >= 4 is 5.91 Å². The third-order valence-corrected chi connectivity index (χ3v) is 4.68. The summed E-state index contributed by atoms with van der Waals surface area (Å²) in [6.07, 6.45) is 4.58. The molecule has 1 fully saturated rings. The van der Waals surface area contributed by atoms with Crippen LogP contribution in [-0.4, -0.2) is 23.7 Å². The van der Waals surface area contributed by atoms with E-state index in [1.54, 1.807) is 0 Å². The molecule has 2 rings (SSSR count). The maximum Gasteiger partial charge on any atom is 0.220 e. The summed E-state index contributed by atoms with van der Waals surface area (Å²) in [5.74, 6) is 0.835. The van der Waals surface area contributed by atoms with Gasteiger partial charge in [-0.3, -0.25) is 4.79 Å². The number of carbonyl (C=O) groups is 1. The van der Waals surface area contributed by atoms with Crippen molar-refractivity contribution in [1.82, 2.24) is 5.32 Å². The first-order valence-corrected chi connectivity index (χ1v) is 8.06. The highest BCUT2D eigenvalue weighted by atomic mass is 16.3. The molecule has 0 aromatic heterocycles. The Bertz CT molecular complexity index is 464. The van der Waals surface area contributed by atoms with Gasteiger partial charge >= 0.3 is 0 Å². The Hall–Kier alpha value is -1.35. The third kappa shape index (κ3) is 4.57. The second kappa shape index (κ2) is 7.60. The molecule has 1 aromatic rings. The molecule has 1 atom stereocenters. The van der Waals surface area contributed by atoms with Crippen LogP contribution in [0.2, 0.25) is 0 Å². The molecular weight excluding hydrogens is 262 g/mol. The molecule has 1 amide bonds. The molecule has 1 aliphatic rings. The van der Waals surface area contributed by atoms with E-state index < -0.39 is 0 Å². The predicted molar refractivity (Wildman–Crippen MR) is 85.2 cm³/mol. The summed E-state index contributed by atoms with van der Waals surface area (Å²) in [7, 11) is 0. The summed E-state index contributed by atoms with van der Waals surface area (Å²) < 4.78 is 0. The summed E-state index contributed by atoms with van der Waals surface area (Å²) in [6.45, 7) is 4.50. The van der Waals surface area contributed by atoms with E-state index in [0.717, 1.165) is 25.7 Å². The lowest BCUT2D eigenvalue weighted by Crippen LogP contribution is -2.38. The highest BCUT2D eigenvalue weighted by Crippen LogP contribution is 2.25. The Kier molecular flexibility index (Phi) is 5.80. The molecule has 3 heteroatoms. The fourth-order valence-corrected chi connectivity index (χ4v) is 3.30. The molecule has 3 nitrogen and oxygen atoms in total. The van der Waals surface area contributed by atoms with Crippen molar-refractivity contribution in [2.24, 2.45) is 5.92 Å². The summed E-state index contributed by atoms with van der Waals surface area (Å²) in [5, 5.41) is 12.3. The average Bonchev–Trinajstić information content (AvgIpc) is 2.48. The predicted octanol–water partition coefficient (Wildman–Crippen LogP) is 3.16. The molecule has 1 aliphatic carbocycles. The van der Waals surface area contributed by atoms with Crippen LogP contribution in [0.15, 0.2) is 24.3 Å². The number of aliphatic hydroxyl groups excluding tert-OH is 1. The topological polar surface area (TPSA) is 49.3 Å². The number of aliphatic hydroxyl groups is 1. The van der Waals surface area contributed by atoms with Crippen molar-refractivity contribution in [2.75, 3.05) is 6.61 Å². The molecule has 0 spiro atoms. The molecular formula is C18H27NO2. The molecule has 0 heterocycles. The van der Waals surface area contributed by atoms with Crippen LogP contribution in [0, 0.1) is 12.8 Å². The molecule has 1 aromatic carbocycles. The minimum Gasteiger partial charge on any atom is -0.396 e. The molecule has 0 radical (unpaired) electrons. The zero-order valence-electron chi connectivity index (χ0n) is 13.1. The highest BCUT2D eigenvalue weighted by molar-refractivity contribution is 5.77. The first kappa shape index (κ1) is 16.0. The van der Waals surface area contributed by atoms with Gasteiger partial charge < -0.3 is 10.4 Å². The maximum atomic E-state index is 12.2. The maximum absolute atomic E-state index is 12.2. The van der Waals surface area contributed by atoms with E-state index in [0.29, 0.717) is 18.4 Å². The van der Waals surface area contributed by atoms with Gasteiger partial charge in [-0.15, -0.1) is 0 Å². The van der Waals surface area contributed by atoms with Crippen LogP contribution < -0.4 is 5.32 Å². The second-order valence-corrected chi connectivity index (χ2v) is 6.43. The number of hydrogen-bond donors (Lipinski definition) is 2. The second-order valence-electron chi connectivity index (χ2n) is 6.43. The fourth-order valence-electron chi connectivity index (χ4n) is 3.30. The van der Waals surface area contributed by atoms with Crippen LogP contribution in [0.25, 0.3) is 0 Å². The van der Waals surface area contributed by atoms with Gasteiger partial charge in [0, 0.05) is 19.1 Å². The highest BCUT2D eigenvalue weighted by Gasteiger charge is 2.22. The number of benzene rings is 1. The van der Waals surface area contributed by atoms with Gasteiger partial charge in [0.15, 0.2) is 0 Å². The first-order chi connectivity index (χ1) is 10.1. The van der Waals surface area contributed by atoms with Crippen LogP contribution in [0.3, 0.4) is 0 Å². The van der Waals surface area contributed by atoms with E-state index in [1.807, 2.05) is 12.1 Å². The summed E-state index contributed by atoms with van der Waals surface area (Å²) in [4.78, 5) is 12.2. The monoisotopic (exact) mass is 289 g/mol. The number of carbonyl (C=O) groups excluding carboxylic acids is 1. The van der Waals surface area contributed by atoms with Gasteiger partial charge in [-0.25, -0.2) is 0 Å². The average molecular weight is 289 g/mol. The first-order valence-electron chi connectivity index (χ1n) is 8.06. The molecule has 0 saturated heterocycles. The van der Waals surface area contributed by atoms with Gasteiger partial charge in [0.25, 0.3) is 0 Å². The van der Waals surface area contributed by atoms with Crippen molar-refractivity contribution in [3.63, 3.8) is 0 Å². The van der Waals surface area contributed by atoms with Gasteiger partial charge in [0.2, 0.25) is 5.91 Å². The Labute approximate surface area is 127 Å². The van der Waals surface area contributed by atoms with Crippen LogP contribution in [0.5, 0.6) is 0 Å². The normalized spacial score (nSPS) is 23.6. The Morgan fingerprint density at radius 1 is 1.29 bits per heavy atom. The molecule has 21 heavy (non-hydrogen) atoms. The number of amides is 1. The lowest BCUT2D eigenvalue weighted by molar-refractivity contribution is -0.122.